The molecule has 1 fully saturated rings. The molecule has 1 heterocycles. The first-order valence-electron chi connectivity index (χ1n) is 5.69. The Hall–Kier alpha value is -0.710. The van der Waals surface area contributed by atoms with Gasteiger partial charge in [0.2, 0.25) is 0 Å². The van der Waals surface area contributed by atoms with E-state index >= 15 is 0 Å². The Bertz CT molecular complexity index is 411. The second kappa shape index (κ2) is 5.29. The van der Waals surface area contributed by atoms with E-state index in [2.05, 4.69) is 22.7 Å². The highest BCUT2D eigenvalue weighted by Gasteiger charge is 2.22. The third-order valence-electron chi connectivity index (χ3n) is 3.10. The Balaban J connectivity index is 2.15. The summed E-state index contributed by atoms with van der Waals surface area (Å²) in [4.78, 5) is 4.27. The molecule has 6 heteroatoms. The molecule has 0 amide bonds. The number of hydrazine groups is 1. The first kappa shape index (κ1) is 12.7. The number of nitrogens with two attached hydrogens (primary N) is 1. The van der Waals surface area contributed by atoms with Gasteiger partial charge in [-0.15, -0.1) is 0 Å². The molecule has 0 aromatic carbocycles. The quantitative estimate of drug-likeness (QED) is 0.585. The predicted molar refractivity (Wildman–Crippen MR) is 72.5 cm³/mol. The summed E-state index contributed by atoms with van der Waals surface area (Å²) in [5.74, 6) is 7.16. The molecule has 2 rings (SSSR count). The highest BCUT2D eigenvalue weighted by molar-refractivity contribution is 6.37. The first-order chi connectivity index (χ1) is 8.10. The summed E-state index contributed by atoms with van der Waals surface area (Å²) in [6, 6.07) is 2.08. The molecule has 4 N–H and O–H groups in total. The van der Waals surface area contributed by atoms with Crippen LogP contribution >= 0.6 is 23.2 Å². The Morgan fingerprint density at radius 1 is 1.29 bits per heavy atom. The van der Waals surface area contributed by atoms with Gasteiger partial charge < -0.3 is 10.7 Å². The Morgan fingerprint density at radius 2 is 2.00 bits per heavy atom. The lowest BCUT2D eigenvalue weighted by molar-refractivity contribution is 0.602. The van der Waals surface area contributed by atoms with Crippen LogP contribution in [-0.4, -0.2) is 11.0 Å². The summed E-state index contributed by atoms with van der Waals surface area (Å²) in [6.45, 7) is 2.26. The van der Waals surface area contributed by atoms with Crippen LogP contribution in [-0.2, 0) is 0 Å². The molecule has 0 aliphatic heterocycles. The number of pyridine rings is 1. The van der Waals surface area contributed by atoms with Gasteiger partial charge in [-0.3, -0.25) is 0 Å². The predicted octanol–water partition coefficient (Wildman–Crippen LogP) is 3.27. The minimum Gasteiger partial charge on any atom is -0.366 e. The molecule has 0 spiro atoms. The summed E-state index contributed by atoms with van der Waals surface area (Å²) in [5.41, 5.74) is 2.45. The zero-order chi connectivity index (χ0) is 12.4. The molecule has 1 aliphatic carbocycles. The van der Waals surface area contributed by atoms with Crippen LogP contribution in [0, 0.1) is 5.92 Å². The number of nitrogens with one attached hydrogen (secondary N) is 2. The molecule has 94 valence electrons. The number of hydrogen-bond acceptors (Lipinski definition) is 4. The minimum absolute atomic E-state index is 0.419. The van der Waals surface area contributed by atoms with E-state index in [0.29, 0.717) is 27.7 Å². The topological polar surface area (TPSA) is 63.0 Å². The highest BCUT2D eigenvalue weighted by atomic mass is 35.5. The molecule has 1 aromatic rings. The molecule has 2 unspecified atom stereocenters. The van der Waals surface area contributed by atoms with Crippen LogP contribution in [0.25, 0.3) is 0 Å². The molecular formula is C11H16Cl2N4. The van der Waals surface area contributed by atoms with Gasteiger partial charge >= 0.3 is 0 Å². The van der Waals surface area contributed by atoms with E-state index in [1.165, 1.54) is 6.42 Å². The van der Waals surface area contributed by atoms with Crippen molar-refractivity contribution in [3.05, 3.63) is 16.1 Å². The van der Waals surface area contributed by atoms with Gasteiger partial charge in [-0.25, -0.2) is 10.8 Å². The first-order valence-corrected chi connectivity index (χ1v) is 6.45. The van der Waals surface area contributed by atoms with Crippen LogP contribution in [0.1, 0.15) is 26.2 Å². The van der Waals surface area contributed by atoms with Gasteiger partial charge in [-0.1, -0.05) is 30.1 Å². The van der Waals surface area contributed by atoms with E-state index in [9.17, 15) is 0 Å². The van der Waals surface area contributed by atoms with Crippen molar-refractivity contribution in [2.45, 2.75) is 32.2 Å². The molecule has 1 aromatic heterocycles. The maximum absolute atomic E-state index is 6.10. The third kappa shape index (κ3) is 2.94. The fourth-order valence-corrected chi connectivity index (χ4v) is 2.67. The fraction of sp³-hybridized carbons (Fsp3) is 0.545. The summed E-state index contributed by atoms with van der Waals surface area (Å²) in [5, 5.41) is 4.29. The number of nitrogens with zero attached hydrogens (tertiary/aromatic N) is 1. The van der Waals surface area contributed by atoms with E-state index < -0.39 is 0 Å². The lowest BCUT2D eigenvalue weighted by Crippen LogP contribution is -2.18. The Kier molecular flexibility index (Phi) is 3.97. The average molecular weight is 275 g/mol. The van der Waals surface area contributed by atoms with E-state index in [4.69, 9.17) is 29.0 Å². The SMILES string of the molecule is CC1CCC(Nc2nc(NN)c(Cl)cc2Cl)C1. The molecule has 0 radical (unpaired) electrons. The maximum atomic E-state index is 6.10. The second-order valence-electron chi connectivity index (χ2n) is 4.55. The van der Waals surface area contributed by atoms with E-state index in [1.807, 2.05) is 0 Å². The largest absolute Gasteiger partial charge is 0.366 e. The fourth-order valence-electron chi connectivity index (χ4n) is 2.20. The standard InChI is InChI=1S/C11H16Cl2N4/c1-6-2-3-7(4-6)15-10-8(12)5-9(13)11(16-10)17-14/h5-7H,2-4,14H2,1H3,(H2,15,16,17). The van der Waals surface area contributed by atoms with Crippen LogP contribution in [0.4, 0.5) is 11.6 Å². The smallest absolute Gasteiger partial charge is 0.161 e. The van der Waals surface area contributed by atoms with Crippen molar-refractivity contribution in [2.24, 2.45) is 11.8 Å². The molecule has 0 saturated heterocycles. The van der Waals surface area contributed by atoms with Gasteiger partial charge in [0.15, 0.2) is 5.82 Å². The zero-order valence-electron chi connectivity index (χ0n) is 9.63. The lowest BCUT2D eigenvalue weighted by atomic mass is 10.1. The molecule has 4 nitrogen and oxygen atoms in total. The van der Waals surface area contributed by atoms with Crippen LogP contribution in [0.3, 0.4) is 0 Å². The average Bonchev–Trinajstić information content (AvgIpc) is 2.68. The van der Waals surface area contributed by atoms with Crippen LogP contribution in [0.15, 0.2) is 6.07 Å². The summed E-state index contributed by atoms with van der Waals surface area (Å²) in [6.07, 6.45) is 3.53. The summed E-state index contributed by atoms with van der Waals surface area (Å²) < 4.78 is 0. The van der Waals surface area contributed by atoms with Gasteiger partial charge in [-0.2, -0.15) is 0 Å². The number of hydrogen-bond donors (Lipinski definition) is 3. The van der Waals surface area contributed by atoms with Crippen molar-refractivity contribution >= 4 is 34.8 Å². The van der Waals surface area contributed by atoms with E-state index in [1.54, 1.807) is 6.07 Å². The Labute approximate surface area is 111 Å². The number of nitrogen functional groups attached to an aromatic ring is 1. The van der Waals surface area contributed by atoms with Gasteiger partial charge in [-0.05, 0) is 31.2 Å². The molecule has 0 bridgehead atoms. The molecule has 2 atom stereocenters. The van der Waals surface area contributed by atoms with Crippen molar-refractivity contribution in [1.29, 1.82) is 0 Å². The van der Waals surface area contributed by atoms with Crippen molar-refractivity contribution in [3.8, 4) is 0 Å². The molecule has 1 aliphatic rings. The van der Waals surface area contributed by atoms with Crippen molar-refractivity contribution < 1.29 is 0 Å². The van der Waals surface area contributed by atoms with Gasteiger partial charge in [0.05, 0.1) is 10.0 Å². The monoisotopic (exact) mass is 274 g/mol. The van der Waals surface area contributed by atoms with Crippen molar-refractivity contribution in [1.82, 2.24) is 4.98 Å². The van der Waals surface area contributed by atoms with Gasteiger partial charge in [0.1, 0.15) is 5.82 Å². The summed E-state index contributed by atoms with van der Waals surface area (Å²) >= 11 is 12.0. The zero-order valence-corrected chi connectivity index (χ0v) is 11.1. The molecule has 1 saturated carbocycles. The van der Waals surface area contributed by atoms with Gasteiger partial charge in [0, 0.05) is 6.04 Å². The lowest BCUT2D eigenvalue weighted by Gasteiger charge is -2.15. The Morgan fingerprint density at radius 3 is 2.59 bits per heavy atom. The van der Waals surface area contributed by atoms with Crippen molar-refractivity contribution in [2.75, 3.05) is 10.7 Å². The number of rotatable bonds is 3. The number of aromatic nitrogens is 1. The maximum Gasteiger partial charge on any atom is 0.161 e. The third-order valence-corrected chi connectivity index (χ3v) is 3.68. The van der Waals surface area contributed by atoms with Crippen LogP contribution < -0.4 is 16.6 Å². The summed E-state index contributed by atoms with van der Waals surface area (Å²) in [7, 11) is 0. The second-order valence-corrected chi connectivity index (χ2v) is 5.37. The van der Waals surface area contributed by atoms with Crippen LogP contribution in [0.5, 0.6) is 0 Å². The molecular weight excluding hydrogens is 259 g/mol. The molecule has 17 heavy (non-hydrogen) atoms. The van der Waals surface area contributed by atoms with Crippen molar-refractivity contribution in [3.63, 3.8) is 0 Å². The number of halogens is 2. The minimum atomic E-state index is 0.419. The van der Waals surface area contributed by atoms with E-state index in [-0.39, 0.29) is 0 Å². The van der Waals surface area contributed by atoms with Gasteiger partial charge in [0.25, 0.3) is 0 Å². The van der Waals surface area contributed by atoms with E-state index in [0.717, 1.165) is 18.8 Å². The highest BCUT2D eigenvalue weighted by Crippen LogP contribution is 2.32. The normalized spacial score (nSPS) is 23.8. The number of anilines is 2. The van der Waals surface area contributed by atoms with Crippen LogP contribution in [0.2, 0.25) is 10.0 Å².